The number of hydrogen-bond donors (Lipinski definition) is 0. The summed E-state index contributed by atoms with van der Waals surface area (Å²) >= 11 is 3.21. The average molecular weight is 214 g/mol. The molecule has 1 radical (unpaired) electrons. The zero-order valence-corrected chi connectivity index (χ0v) is 7.55. The SMILES string of the molecule is C#CCOc1c(Br)[c]nn1C. The Kier molecular flexibility index (Phi) is 2.55. The van der Waals surface area contributed by atoms with Crippen LogP contribution in [-0.2, 0) is 7.05 Å². The lowest BCUT2D eigenvalue weighted by Crippen LogP contribution is -2.00. The van der Waals surface area contributed by atoms with Gasteiger partial charge in [0.05, 0.1) is 0 Å². The number of aryl methyl sites for hydroxylation is 1. The van der Waals surface area contributed by atoms with Crippen LogP contribution in [0.4, 0.5) is 0 Å². The zero-order valence-electron chi connectivity index (χ0n) is 5.97. The molecule has 0 saturated carbocycles. The van der Waals surface area contributed by atoms with E-state index in [4.69, 9.17) is 11.2 Å². The maximum absolute atomic E-state index is 5.14. The first-order chi connectivity index (χ1) is 5.25. The molecule has 3 nitrogen and oxygen atoms in total. The van der Waals surface area contributed by atoms with Crippen molar-refractivity contribution in [2.24, 2.45) is 7.05 Å². The first-order valence-corrected chi connectivity index (χ1v) is 3.71. The molecule has 0 saturated heterocycles. The minimum absolute atomic E-state index is 0.242. The van der Waals surface area contributed by atoms with Crippen LogP contribution in [0, 0.1) is 18.5 Å². The first-order valence-electron chi connectivity index (χ1n) is 2.92. The molecular weight excluding hydrogens is 208 g/mol. The van der Waals surface area contributed by atoms with Crippen molar-refractivity contribution in [1.29, 1.82) is 0 Å². The fourth-order valence-electron chi connectivity index (χ4n) is 0.621. The molecular formula is C7H6BrN2O. The van der Waals surface area contributed by atoms with E-state index < -0.39 is 0 Å². The predicted molar refractivity (Wildman–Crippen MR) is 44.1 cm³/mol. The van der Waals surface area contributed by atoms with Gasteiger partial charge in [0.1, 0.15) is 10.7 Å². The monoisotopic (exact) mass is 213 g/mol. The van der Waals surface area contributed by atoms with Gasteiger partial charge < -0.3 is 4.74 Å². The van der Waals surface area contributed by atoms with E-state index >= 15 is 0 Å². The van der Waals surface area contributed by atoms with Crippen molar-refractivity contribution in [3.63, 3.8) is 0 Å². The molecule has 0 fully saturated rings. The third-order valence-electron chi connectivity index (χ3n) is 1.07. The fraction of sp³-hybridized carbons (Fsp3) is 0.286. The highest BCUT2D eigenvalue weighted by molar-refractivity contribution is 9.10. The van der Waals surface area contributed by atoms with Crippen LogP contribution in [-0.4, -0.2) is 16.4 Å². The van der Waals surface area contributed by atoms with Gasteiger partial charge in [-0.2, -0.15) is 5.10 Å². The van der Waals surface area contributed by atoms with Crippen molar-refractivity contribution in [1.82, 2.24) is 9.78 Å². The van der Waals surface area contributed by atoms with E-state index in [0.717, 1.165) is 0 Å². The van der Waals surface area contributed by atoms with Crippen molar-refractivity contribution in [2.75, 3.05) is 6.61 Å². The fourth-order valence-corrected chi connectivity index (χ4v) is 1.07. The maximum atomic E-state index is 5.14. The first kappa shape index (κ1) is 8.15. The van der Waals surface area contributed by atoms with Crippen LogP contribution in [0.5, 0.6) is 5.88 Å². The second kappa shape index (κ2) is 3.44. The van der Waals surface area contributed by atoms with Crippen LogP contribution in [0.1, 0.15) is 0 Å². The third kappa shape index (κ3) is 1.75. The van der Waals surface area contributed by atoms with E-state index in [9.17, 15) is 0 Å². The number of ether oxygens (including phenoxy) is 1. The summed E-state index contributed by atoms with van der Waals surface area (Å²) in [5.74, 6) is 2.96. The van der Waals surface area contributed by atoms with Gasteiger partial charge in [0.25, 0.3) is 0 Å². The van der Waals surface area contributed by atoms with E-state index in [-0.39, 0.29) is 6.61 Å². The maximum Gasteiger partial charge on any atom is 0.227 e. The summed E-state index contributed by atoms with van der Waals surface area (Å²) in [5, 5.41) is 3.82. The van der Waals surface area contributed by atoms with Crippen LogP contribution in [0.2, 0.25) is 0 Å². The Labute approximate surface area is 73.5 Å². The normalized spacial score (nSPS) is 9.18. The third-order valence-corrected chi connectivity index (χ3v) is 1.59. The molecule has 0 spiro atoms. The molecule has 0 atom stereocenters. The molecule has 57 valence electrons. The molecule has 0 bridgehead atoms. The molecule has 0 amide bonds. The van der Waals surface area contributed by atoms with Gasteiger partial charge in [0.2, 0.25) is 5.88 Å². The van der Waals surface area contributed by atoms with Gasteiger partial charge in [-0.25, -0.2) is 4.68 Å². The largest absolute Gasteiger partial charge is 0.464 e. The molecule has 0 aliphatic carbocycles. The lowest BCUT2D eigenvalue weighted by molar-refractivity contribution is 0.333. The molecule has 0 aliphatic rings. The van der Waals surface area contributed by atoms with Gasteiger partial charge in [0, 0.05) is 7.05 Å². The van der Waals surface area contributed by atoms with Gasteiger partial charge in [-0.3, -0.25) is 0 Å². The molecule has 1 aromatic rings. The highest BCUT2D eigenvalue weighted by Gasteiger charge is 2.05. The Hall–Kier alpha value is -0.950. The highest BCUT2D eigenvalue weighted by Crippen LogP contribution is 2.21. The molecule has 0 unspecified atom stereocenters. The summed E-state index contributed by atoms with van der Waals surface area (Å²) in [6, 6.07) is 0. The van der Waals surface area contributed by atoms with Gasteiger partial charge in [-0.15, -0.1) is 6.42 Å². The Bertz CT molecular complexity index is 268. The molecule has 0 aliphatic heterocycles. The molecule has 11 heavy (non-hydrogen) atoms. The van der Waals surface area contributed by atoms with E-state index in [0.29, 0.717) is 10.4 Å². The molecule has 0 N–H and O–H groups in total. The predicted octanol–water partition coefficient (Wildman–Crippen LogP) is 0.995. The summed E-state index contributed by atoms with van der Waals surface area (Å²) in [5.41, 5.74) is 0. The zero-order chi connectivity index (χ0) is 8.27. The number of nitrogens with zero attached hydrogens (tertiary/aromatic N) is 2. The van der Waals surface area contributed by atoms with Gasteiger partial charge in [-0.05, 0) is 15.9 Å². The summed E-state index contributed by atoms with van der Waals surface area (Å²) in [7, 11) is 1.76. The minimum atomic E-state index is 0.242. The van der Waals surface area contributed by atoms with E-state index in [1.807, 2.05) is 0 Å². The summed E-state index contributed by atoms with van der Waals surface area (Å²) in [6.07, 6.45) is 7.70. The number of rotatable bonds is 2. The van der Waals surface area contributed by atoms with Gasteiger partial charge in [0.15, 0.2) is 6.61 Å². The number of aromatic nitrogens is 2. The Morgan fingerprint density at radius 3 is 3.09 bits per heavy atom. The van der Waals surface area contributed by atoms with Crippen LogP contribution in [0.15, 0.2) is 4.47 Å². The van der Waals surface area contributed by atoms with Crippen molar-refractivity contribution in [3.05, 3.63) is 10.7 Å². The van der Waals surface area contributed by atoms with Gasteiger partial charge >= 0.3 is 0 Å². The summed E-state index contributed by atoms with van der Waals surface area (Å²) in [4.78, 5) is 0. The van der Waals surface area contributed by atoms with Crippen LogP contribution in [0.25, 0.3) is 0 Å². The second-order valence-electron chi connectivity index (χ2n) is 1.85. The van der Waals surface area contributed by atoms with E-state index in [1.54, 1.807) is 11.7 Å². The molecule has 4 heteroatoms. The van der Waals surface area contributed by atoms with Gasteiger partial charge in [-0.1, -0.05) is 5.92 Å². The van der Waals surface area contributed by atoms with E-state index in [2.05, 4.69) is 33.1 Å². The Morgan fingerprint density at radius 1 is 1.91 bits per heavy atom. The van der Waals surface area contributed by atoms with Crippen LogP contribution in [0.3, 0.4) is 0 Å². The van der Waals surface area contributed by atoms with Crippen molar-refractivity contribution < 1.29 is 4.74 Å². The van der Waals surface area contributed by atoms with E-state index in [1.165, 1.54) is 0 Å². The Morgan fingerprint density at radius 2 is 2.64 bits per heavy atom. The minimum Gasteiger partial charge on any atom is -0.464 e. The lowest BCUT2D eigenvalue weighted by atomic mass is 10.6. The Balaban J connectivity index is 2.77. The lowest BCUT2D eigenvalue weighted by Gasteiger charge is -2.01. The average Bonchev–Trinajstić information content (AvgIpc) is 2.29. The van der Waals surface area contributed by atoms with Crippen molar-refractivity contribution in [2.45, 2.75) is 0 Å². The standard InChI is InChI=1S/C7H6BrN2O/c1-3-4-11-7-6(8)5-9-10(7)2/h1H,4H2,2H3. The highest BCUT2D eigenvalue weighted by atomic mass is 79.9. The summed E-state index contributed by atoms with van der Waals surface area (Å²) in [6.45, 7) is 0.242. The molecule has 1 rings (SSSR count). The molecule has 1 aromatic heterocycles. The second-order valence-corrected chi connectivity index (χ2v) is 2.64. The number of halogens is 1. The smallest absolute Gasteiger partial charge is 0.227 e. The summed E-state index contributed by atoms with van der Waals surface area (Å²) < 4.78 is 7.39. The number of terminal acetylenes is 1. The number of hydrogen-bond acceptors (Lipinski definition) is 2. The van der Waals surface area contributed by atoms with Crippen molar-refractivity contribution in [3.8, 4) is 18.2 Å². The van der Waals surface area contributed by atoms with Crippen molar-refractivity contribution >= 4 is 15.9 Å². The molecule has 0 aromatic carbocycles. The van der Waals surface area contributed by atoms with Crippen LogP contribution < -0.4 is 4.74 Å². The quantitative estimate of drug-likeness (QED) is 0.686. The van der Waals surface area contributed by atoms with Crippen LogP contribution >= 0.6 is 15.9 Å². The molecule has 1 heterocycles. The topological polar surface area (TPSA) is 27.1 Å².